The molecule has 0 saturated carbocycles. The topological polar surface area (TPSA) is 86.1 Å². The molecule has 3 rings (SSSR count). The van der Waals surface area contributed by atoms with Gasteiger partial charge in [0.2, 0.25) is 0 Å². The van der Waals surface area contributed by atoms with Gasteiger partial charge in [0.1, 0.15) is 11.3 Å². The van der Waals surface area contributed by atoms with Crippen molar-refractivity contribution in [3.8, 4) is 0 Å². The molecular weight excluding hydrogens is 344 g/mol. The summed E-state index contributed by atoms with van der Waals surface area (Å²) in [7, 11) is -0.428. The van der Waals surface area contributed by atoms with Crippen LogP contribution < -0.4 is 5.32 Å². The van der Waals surface area contributed by atoms with Crippen LogP contribution in [0.25, 0.3) is 11.0 Å². The third-order valence-corrected chi connectivity index (χ3v) is 6.14. The normalized spacial score (nSPS) is 16.6. The average Bonchev–Trinajstić information content (AvgIpc) is 2.94. The fourth-order valence-corrected chi connectivity index (χ4v) is 3.90. The first-order valence-corrected chi connectivity index (χ1v) is 9.41. The number of nitrogens with zero attached hydrogens (tertiary/aromatic N) is 3. The van der Waals surface area contributed by atoms with Gasteiger partial charge in [-0.1, -0.05) is 0 Å². The smallest absolute Gasteiger partial charge is 0.321 e. The zero-order chi connectivity index (χ0) is 18.2. The van der Waals surface area contributed by atoms with Crippen molar-refractivity contribution in [1.82, 2.24) is 13.5 Å². The van der Waals surface area contributed by atoms with Crippen LogP contribution >= 0.6 is 0 Å². The number of carbonyl (C=O) groups is 1. The summed E-state index contributed by atoms with van der Waals surface area (Å²) < 4.78 is 32.3. The molecule has 9 heteroatoms. The number of aryl methyl sites for hydroxylation is 1. The Balaban J connectivity index is 1.62. The molecule has 2 aromatic rings. The van der Waals surface area contributed by atoms with Crippen LogP contribution in [0.1, 0.15) is 5.76 Å². The number of nitrogens with one attached hydrogen (secondary N) is 1. The van der Waals surface area contributed by atoms with E-state index in [0.717, 1.165) is 16.7 Å². The quantitative estimate of drug-likeness (QED) is 0.896. The van der Waals surface area contributed by atoms with Gasteiger partial charge in [0.25, 0.3) is 10.2 Å². The second-order valence-corrected chi connectivity index (χ2v) is 8.36. The first kappa shape index (κ1) is 17.7. The minimum Gasteiger partial charge on any atom is -0.461 e. The number of rotatable bonds is 3. The largest absolute Gasteiger partial charge is 0.461 e. The van der Waals surface area contributed by atoms with Crippen molar-refractivity contribution in [3.63, 3.8) is 0 Å². The Labute approximate surface area is 147 Å². The summed E-state index contributed by atoms with van der Waals surface area (Å²) >= 11 is 0. The second kappa shape index (κ2) is 6.66. The van der Waals surface area contributed by atoms with E-state index in [9.17, 15) is 13.2 Å². The first-order valence-electron chi connectivity index (χ1n) is 8.01. The van der Waals surface area contributed by atoms with E-state index >= 15 is 0 Å². The molecule has 1 N–H and O–H groups in total. The number of carbonyl (C=O) groups excluding carboxylic acids is 1. The van der Waals surface area contributed by atoms with Crippen molar-refractivity contribution in [3.05, 3.63) is 30.0 Å². The molecule has 8 nitrogen and oxygen atoms in total. The average molecular weight is 366 g/mol. The third-order valence-electron chi connectivity index (χ3n) is 4.20. The number of hydrogen-bond donors (Lipinski definition) is 1. The lowest BCUT2D eigenvalue weighted by molar-refractivity contribution is 0.182. The Morgan fingerprint density at radius 3 is 2.48 bits per heavy atom. The van der Waals surface area contributed by atoms with Gasteiger partial charge in [-0.05, 0) is 31.2 Å². The van der Waals surface area contributed by atoms with E-state index in [1.54, 1.807) is 11.0 Å². The number of piperazine rings is 1. The van der Waals surface area contributed by atoms with Crippen LogP contribution in [0.5, 0.6) is 0 Å². The standard InChI is InChI=1S/C16H22N4O4S/c1-12-10-13-11-14(4-5-15(13)24-12)17-16(21)19-6-8-20(9-7-19)25(22,23)18(2)3/h4-5,10-11H,6-9H2,1-3H3,(H,17,21). The number of amides is 2. The summed E-state index contributed by atoms with van der Waals surface area (Å²) in [6, 6.07) is 7.14. The molecule has 1 aliphatic heterocycles. The fourth-order valence-electron chi connectivity index (χ4n) is 2.81. The van der Waals surface area contributed by atoms with Crippen molar-refractivity contribution in [2.45, 2.75) is 6.92 Å². The molecule has 1 saturated heterocycles. The van der Waals surface area contributed by atoms with E-state index in [-0.39, 0.29) is 19.1 Å². The van der Waals surface area contributed by atoms with Crippen molar-refractivity contribution in [2.75, 3.05) is 45.6 Å². The Kier molecular flexibility index (Phi) is 4.72. The molecule has 1 aliphatic rings. The van der Waals surface area contributed by atoms with Crippen LogP contribution in [0, 0.1) is 6.92 Å². The highest BCUT2D eigenvalue weighted by Gasteiger charge is 2.30. The summed E-state index contributed by atoms with van der Waals surface area (Å²) in [5.74, 6) is 0.816. The third kappa shape index (κ3) is 3.63. The Bertz CT molecular complexity index is 883. The van der Waals surface area contributed by atoms with E-state index in [1.165, 1.54) is 22.7 Å². The molecule has 0 spiro atoms. The number of benzene rings is 1. The van der Waals surface area contributed by atoms with Crippen LogP contribution in [-0.4, -0.2) is 68.2 Å². The van der Waals surface area contributed by atoms with Crippen LogP contribution in [-0.2, 0) is 10.2 Å². The van der Waals surface area contributed by atoms with E-state index in [1.807, 2.05) is 25.1 Å². The highest BCUT2D eigenvalue weighted by atomic mass is 32.2. The zero-order valence-electron chi connectivity index (χ0n) is 14.5. The highest BCUT2D eigenvalue weighted by Crippen LogP contribution is 2.23. The van der Waals surface area contributed by atoms with Crippen molar-refractivity contribution in [2.24, 2.45) is 0 Å². The van der Waals surface area contributed by atoms with Crippen molar-refractivity contribution >= 4 is 32.9 Å². The summed E-state index contributed by atoms with van der Waals surface area (Å²) in [4.78, 5) is 14.0. The Morgan fingerprint density at radius 2 is 1.84 bits per heavy atom. The molecule has 2 amide bonds. The maximum Gasteiger partial charge on any atom is 0.321 e. The molecule has 0 bridgehead atoms. The molecule has 0 atom stereocenters. The maximum atomic E-state index is 12.4. The molecule has 1 aromatic carbocycles. The molecule has 25 heavy (non-hydrogen) atoms. The van der Waals surface area contributed by atoms with E-state index in [4.69, 9.17) is 4.42 Å². The predicted molar refractivity (Wildman–Crippen MR) is 95.7 cm³/mol. The minimum atomic E-state index is -3.43. The lowest BCUT2D eigenvalue weighted by Crippen LogP contribution is -2.53. The van der Waals surface area contributed by atoms with Crippen LogP contribution in [0.3, 0.4) is 0 Å². The van der Waals surface area contributed by atoms with Crippen molar-refractivity contribution in [1.29, 1.82) is 0 Å². The second-order valence-electron chi connectivity index (χ2n) is 6.22. The van der Waals surface area contributed by atoms with Gasteiger partial charge in [0.15, 0.2) is 0 Å². The summed E-state index contributed by atoms with van der Waals surface area (Å²) in [5.41, 5.74) is 1.46. The molecule has 0 aliphatic carbocycles. The zero-order valence-corrected chi connectivity index (χ0v) is 15.3. The lowest BCUT2D eigenvalue weighted by Gasteiger charge is -2.35. The predicted octanol–water partition coefficient (Wildman–Crippen LogP) is 1.70. The summed E-state index contributed by atoms with van der Waals surface area (Å²) in [6.07, 6.45) is 0. The molecule has 136 valence electrons. The van der Waals surface area contributed by atoms with Crippen LogP contribution in [0.15, 0.2) is 28.7 Å². The monoisotopic (exact) mass is 366 g/mol. The van der Waals surface area contributed by atoms with Gasteiger partial charge in [-0.25, -0.2) is 4.79 Å². The molecular formula is C16H22N4O4S. The number of furan rings is 1. The van der Waals surface area contributed by atoms with Crippen LogP contribution in [0.2, 0.25) is 0 Å². The summed E-state index contributed by atoms with van der Waals surface area (Å²) in [6.45, 7) is 3.15. The Hall–Kier alpha value is -2.10. The highest BCUT2D eigenvalue weighted by molar-refractivity contribution is 7.86. The van der Waals surface area contributed by atoms with Crippen LogP contribution in [0.4, 0.5) is 10.5 Å². The molecule has 1 aromatic heterocycles. The van der Waals surface area contributed by atoms with Gasteiger partial charge in [0, 0.05) is 51.3 Å². The lowest BCUT2D eigenvalue weighted by atomic mass is 10.2. The number of hydrogen-bond acceptors (Lipinski definition) is 4. The van der Waals surface area contributed by atoms with Gasteiger partial charge in [-0.15, -0.1) is 0 Å². The number of fused-ring (bicyclic) bond motifs is 1. The van der Waals surface area contributed by atoms with E-state index < -0.39 is 10.2 Å². The fraction of sp³-hybridized carbons (Fsp3) is 0.438. The van der Waals surface area contributed by atoms with Gasteiger partial charge in [-0.2, -0.15) is 17.0 Å². The molecule has 1 fully saturated rings. The molecule has 0 radical (unpaired) electrons. The SMILES string of the molecule is Cc1cc2cc(NC(=O)N3CCN(S(=O)(=O)N(C)C)CC3)ccc2o1. The molecule has 0 unspecified atom stereocenters. The van der Waals surface area contributed by atoms with Crippen molar-refractivity contribution < 1.29 is 17.6 Å². The van der Waals surface area contributed by atoms with Gasteiger partial charge in [-0.3, -0.25) is 0 Å². The summed E-state index contributed by atoms with van der Waals surface area (Å²) in [5, 5.41) is 3.78. The van der Waals surface area contributed by atoms with E-state index in [0.29, 0.717) is 18.8 Å². The van der Waals surface area contributed by atoms with Gasteiger partial charge in [0.05, 0.1) is 0 Å². The number of anilines is 1. The molecule has 2 heterocycles. The number of urea groups is 1. The van der Waals surface area contributed by atoms with Gasteiger partial charge >= 0.3 is 6.03 Å². The first-order chi connectivity index (χ1) is 11.8. The van der Waals surface area contributed by atoms with E-state index in [2.05, 4.69) is 5.32 Å². The van der Waals surface area contributed by atoms with Gasteiger partial charge < -0.3 is 14.6 Å². The Morgan fingerprint density at radius 1 is 1.16 bits per heavy atom. The minimum absolute atomic E-state index is 0.235. The maximum absolute atomic E-state index is 12.4.